The van der Waals surface area contributed by atoms with Crippen LogP contribution in [0.4, 0.5) is 0 Å². The molecule has 0 heterocycles. The lowest BCUT2D eigenvalue weighted by atomic mass is 10.1. The Hall–Kier alpha value is -1.62. The van der Waals surface area contributed by atoms with E-state index in [4.69, 9.17) is 0 Å². The fourth-order valence-corrected chi connectivity index (χ4v) is 1.98. The van der Waals surface area contributed by atoms with E-state index in [2.05, 4.69) is 27.8 Å². The second-order valence-corrected chi connectivity index (χ2v) is 5.32. The third-order valence-electron chi connectivity index (χ3n) is 2.78. The summed E-state index contributed by atoms with van der Waals surface area (Å²) in [6.07, 6.45) is 2.01. The summed E-state index contributed by atoms with van der Waals surface area (Å²) in [7, 11) is 0. The van der Waals surface area contributed by atoms with Gasteiger partial charge in [-0.25, -0.2) is 0 Å². The highest BCUT2D eigenvalue weighted by atomic mass is 79.9. The average molecular weight is 339 g/mol. The van der Waals surface area contributed by atoms with Crippen molar-refractivity contribution in [1.82, 2.24) is 10.2 Å². The fourth-order valence-electron chi connectivity index (χ4n) is 1.71. The second-order valence-electron chi connectivity index (χ2n) is 4.41. The zero-order valence-corrected chi connectivity index (χ0v) is 13.1. The highest BCUT2D eigenvalue weighted by molar-refractivity contribution is 9.10. The smallest absolute Gasteiger partial charge is 0.224 e. The summed E-state index contributed by atoms with van der Waals surface area (Å²) in [4.78, 5) is 24.7. The normalized spacial score (nSPS) is 9.90. The van der Waals surface area contributed by atoms with Crippen molar-refractivity contribution in [3.05, 3.63) is 47.0 Å². The van der Waals surface area contributed by atoms with Crippen molar-refractivity contribution in [3.8, 4) is 0 Å². The molecule has 108 valence electrons. The molecule has 1 aromatic carbocycles. The molecule has 1 rings (SSSR count). The minimum absolute atomic E-state index is 0.0212. The Balaban J connectivity index is 2.34. The molecular formula is C15H19BrN2O2. The van der Waals surface area contributed by atoms with Gasteiger partial charge in [0, 0.05) is 31.0 Å². The first-order valence-electron chi connectivity index (χ1n) is 6.40. The minimum atomic E-state index is -0.0468. The molecule has 20 heavy (non-hydrogen) atoms. The molecule has 0 fully saturated rings. The highest BCUT2D eigenvalue weighted by Gasteiger charge is 2.07. The van der Waals surface area contributed by atoms with Crippen molar-refractivity contribution in [2.24, 2.45) is 0 Å². The maximum atomic E-state index is 11.8. The standard InChI is InChI=1S/C15H19BrN2O2/c1-3-9-18(12(2)19)10-8-17-15(20)11-13-4-6-14(16)7-5-13/h3-7H,1,8-11H2,2H3,(H,17,20). The van der Waals surface area contributed by atoms with Crippen molar-refractivity contribution >= 4 is 27.7 Å². The van der Waals surface area contributed by atoms with Crippen LogP contribution in [0, 0.1) is 0 Å². The molecule has 0 saturated heterocycles. The molecule has 5 heteroatoms. The van der Waals surface area contributed by atoms with Gasteiger partial charge in [-0.3, -0.25) is 9.59 Å². The summed E-state index contributed by atoms with van der Waals surface area (Å²) in [5.74, 6) is -0.0681. The van der Waals surface area contributed by atoms with E-state index in [0.717, 1.165) is 10.0 Å². The summed E-state index contributed by atoms with van der Waals surface area (Å²) < 4.78 is 0.989. The van der Waals surface area contributed by atoms with Crippen LogP contribution >= 0.6 is 15.9 Å². The molecule has 0 radical (unpaired) electrons. The number of benzene rings is 1. The monoisotopic (exact) mass is 338 g/mol. The first-order valence-corrected chi connectivity index (χ1v) is 7.19. The number of carbonyl (C=O) groups excluding carboxylic acids is 2. The number of hydrogen-bond acceptors (Lipinski definition) is 2. The molecule has 2 amide bonds. The van der Waals surface area contributed by atoms with Gasteiger partial charge in [0.15, 0.2) is 0 Å². The van der Waals surface area contributed by atoms with Gasteiger partial charge < -0.3 is 10.2 Å². The van der Waals surface area contributed by atoms with E-state index in [1.165, 1.54) is 6.92 Å². The molecule has 0 spiro atoms. The van der Waals surface area contributed by atoms with Crippen LogP contribution in [-0.2, 0) is 16.0 Å². The zero-order chi connectivity index (χ0) is 15.0. The summed E-state index contributed by atoms with van der Waals surface area (Å²) in [5, 5.41) is 2.81. The predicted octanol–water partition coefficient (Wildman–Crippen LogP) is 2.14. The molecule has 0 atom stereocenters. The molecule has 0 saturated carbocycles. The summed E-state index contributed by atoms with van der Waals surface area (Å²) >= 11 is 3.35. The Morgan fingerprint density at radius 1 is 1.35 bits per heavy atom. The number of halogens is 1. The lowest BCUT2D eigenvalue weighted by molar-refractivity contribution is -0.129. The Bertz CT molecular complexity index is 471. The Morgan fingerprint density at radius 3 is 2.55 bits per heavy atom. The molecule has 1 aromatic rings. The molecule has 1 N–H and O–H groups in total. The SMILES string of the molecule is C=CCN(CCNC(=O)Cc1ccc(Br)cc1)C(C)=O. The van der Waals surface area contributed by atoms with E-state index in [9.17, 15) is 9.59 Å². The van der Waals surface area contributed by atoms with Crippen LogP contribution in [-0.4, -0.2) is 36.3 Å². The van der Waals surface area contributed by atoms with Gasteiger partial charge in [-0.1, -0.05) is 34.1 Å². The largest absolute Gasteiger partial charge is 0.354 e. The molecular weight excluding hydrogens is 320 g/mol. The zero-order valence-electron chi connectivity index (χ0n) is 11.6. The second kappa shape index (κ2) is 8.53. The van der Waals surface area contributed by atoms with Crippen molar-refractivity contribution in [3.63, 3.8) is 0 Å². The van der Waals surface area contributed by atoms with Crippen LogP contribution in [0.5, 0.6) is 0 Å². The van der Waals surface area contributed by atoms with Gasteiger partial charge in [0.05, 0.1) is 6.42 Å². The Kier molecular flexibility index (Phi) is 7.01. The molecule has 0 aliphatic carbocycles. The number of rotatable bonds is 7. The number of hydrogen-bond donors (Lipinski definition) is 1. The third-order valence-corrected chi connectivity index (χ3v) is 3.31. The Morgan fingerprint density at radius 2 is 2.00 bits per heavy atom. The lowest BCUT2D eigenvalue weighted by Gasteiger charge is -2.19. The topological polar surface area (TPSA) is 49.4 Å². The fraction of sp³-hybridized carbons (Fsp3) is 0.333. The summed E-state index contributed by atoms with van der Waals surface area (Å²) in [5.41, 5.74) is 0.959. The van der Waals surface area contributed by atoms with Crippen LogP contribution in [0.3, 0.4) is 0 Å². The van der Waals surface area contributed by atoms with Gasteiger partial charge in [-0.05, 0) is 17.7 Å². The van der Waals surface area contributed by atoms with Crippen LogP contribution in [0.2, 0.25) is 0 Å². The van der Waals surface area contributed by atoms with Gasteiger partial charge in [-0.2, -0.15) is 0 Å². The van der Waals surface area contributed by atoms with Crippen LogP contribution in [0.15, 0.2) is 41.4 Å². The summed E-state index contributed by atoms with van der Waals surface area (Å²) in [6.45, 7) is 6.55. The molecule has 0 aliphatic heterocycles. The van der Waals surface area contributed by atoms with Crippen molar-refractivity contribution in [1.29, 1.82) is 0 Å². The van der Waals surface area contributed by atoms with Gasteiger partial charge in [0.1, 0.15) is 0 Å². The first kappa shape index (κ1) is 16.4. The van der Waals surface area contributed by atoms with Crippen LogP contribution < -0.4 is 5.32 Å². The Labute approximate surface area is 128 Å². The van der Waals surface area contributed by atoms with Crippen molar-refractivity contribution < 1.29 is 9.59 Å². The van der Waals surface area contributed by atoms with Crippen molar-refractivity contribution in [2.45, 2.75) is 13.3 Å². The van der Waals surface area contributed by atoms with Gasteiger partial charge in [-0.15, -0.1) is 6.58 Å². The first-order chi connectivity index (χ1) is 9.52. The molecule has 0 bridgehead atoms. The maximum absolute atomic E-state index is 11.8. The molecule has 0 unspecified atom stereocenters. The van der Waals surface area contributed by atoms with Gasteiger partial charge in [0.25, 0.3) is 0 Å². The maximum Gasteiger partial charge on any atom is 0.224 e. The van der Waals surface area contributed by atoms with Crippen LogP contribution in [0.25, 0.3) is 0 Å². The molecule has 0 aliphatic rings. The number of nitrogens with one attached hydrogen (secondary N) is 1. The van der Waals surface area contributed by atoms with Crippen LogP contribution in [0.1, 0.15) is 12.5 Å². The van der Waals surface area contributed by atoms with Gasteiger partial charge >= 0.3 is 0 Å². The third kappa shape index (κ3) is 6.02. The van der Waals surface area contributed by atoms with E-state index in [0.29, 0.717) is 26.1 Å². The molecule has 0 aromatic heterocycles. The minimum Gasteiger partial charge on any atom is -0.354 e. The predicted molar refractivity (Wildman–Crippen MR) is 83.3 cm³/mol. The van der Waals surface area contributed by atoms with E-state index in [1.807, 2.05) is 24.3 Å². The number of carbonyl (C=O) groups is 2. The van der Waals surface area contributed by atoms with E-state index in [-0.39, 0.29) is 11.8 Å². The van der Waals surface area contributed by atoms with E-state index < -0.39 is 0 Å². The number of nitrogens with zero attached hydrogens (tertiary/aromatic N) is 1. The average Bonchev–Trinajstić information content (AvgIpc) is 2.40. The van der Waals surface area contributed by atoms with Crippen molar-refractivity contribution in [2.75, 3.05) is 19.6 Å². The quantitative estimate of drug-likeness (QED) is 0.774. The molecule has 4 nitrogen and oxygen atoms in total. The van der Waals surface area contributed by atoms with E-state index in [1.54, 1.807) is 11.0 Å². The highest BCUT2D eigenvalue weighted by Crippen LogP contribution is 2.10. The van der Waals surface area contributed by atoms with E-state index >= 15 is 0 Å². The number of amides is 2. The van der Waals surface area contributed by atoms with Gasteiger partial charge in [0.2, 0.25) is 11.8 Å². The lowest BCUT2D eigenvalue weighted by Crippen LogP contribution is -2.38. The summed E-state index contributed by atoms with van der Waals surface area (Å²) in [6, 6.07) is 7.63.